The minimum absolute atomic E-state index is 0.382. The lowest BCUT2D eigenvalue weighted by Crippen LogP contribution is -2.37. The van der Waals surface area contributed by atoms with Crippen molar-refractivity contribution in [3.8, 4) is 5.75 Å². The number of alkyl halides is 3. The summed E-state index contributed by atoms with van der Waals surface area (Å²) in [6.45, 7) is 2.90. The largest absolute Gasteiger partial charge is 0.478 e. The number of aromatic nitrogens is 2. The Labute approximate surface area is 198 Å². The highest BCUT2D eigenvalue weighted by Crippen LogP contribution is 2.43. The van der Waals surface area contributed by atoms with Crippen LogP contribution in [-0.2, 0) is 11.0 Å². The highest BCUT2D eigenvalue weighted by atomic mass is 32.2. The van der Waals surface area contributed by atoms with Crippen LogP contribution >= 0.6 is 11.8 Å². The molecule has 4 aromatic rings. The molecule has 4 rings (SSSR count). The second-order valence-electron chi connectivity index (χ2n) is 8.23. The molecule has 0 spiro atoms. The first-order chi connectivity index (χ1) is 16.0. The number of hydrogen-bond donors (Lipinski definition) is 2. The number of hydrogen-bond acceptors (Lipinski definition) is 4. The molecule has 176 valence electrons. The zero-order valence-electron chi connectivity index (χ0n) is 18.3. The van der Waals surface area contributed by atoms with Crippen molar-refractivity contribution in [3.05, 3.63) is 89.6 Å². The van der Waals surface area contributed by atoms with E-state index in [0.717, 1.165) is 27.4 Å². The van der Waals surface area contributed by atoms with Crippen LogP contribution in [0.2, 0.25) is 0 Å². The summed E-state index contributed by atoms with van der Waals surface area (Å²) in [5, 5.41) is 16.6. The van der Waals surface area contributed by atoms with Crippen LogP contribution in [0.3, 0.4) is 0 Å². The van der Waals surface area contributed by atoms with Crippen LogP contribution in [0, 0.1) is 0 Å². The fourth-order valence-corrected chi connectivity index (χ4v) is 4.52. The van der Waals surface area contributed by atoms with Gasteiger partial charge in [-0.15, -0.1) is 11.8 Å². The Bertz CT molecular complexity index is 1320. The van der Waals surface area contributed by atoms with Gasteiger partial charge in [0.15, 0.2) is 5.60 Å². The summed E-state index contributed by atoms with van der Waals surface area (Å²) in [5.41, 5.74) is 0.0641. The van der Waals surface area contributed by atoms with Gasteiger partial charge in [0.2, 0.25) is 0 Å². The highest BCUT2D eigenvalue weighted by Gasteiger charge is 2.32. The quantitative estimate of drug-likeness (QED) is 0.284. The molecule has 0 aliphatic heterocycles. The first-order valence-corrected chi connectivity index (χ1v) is 11.2. The molecule has 2 N–H and O–H groups in total. The predicted octanol–water partition coefficient (Wildman–Crippen LogP) is 6.71. The molecule has 9 heteroatoms. The molecule has 1 heterocycles. The third-order valence-corrected chi connectivity index (χ3v) is 6.57. The summed E-state index contributed by atoms with van der Waals surface area (Å²) in [6, 6.07) is 17.8. The van der Waals surface area contributed by atoms with Crippen molar-refractivity contribution >= 4 is 28.6 Å². The fourth-order valence-electron chi connectivity index (χ4n) is 3.39. The number of fused-ring (bicyclic) bond motifs is 1. The van der Waals surface area contributed by atoms with Crippen LogP contribution in [0.15, 0.2) is 77.8 Å². The van der Waals surface area contributed by atoms with E-state index in [-0.39, 0.29) is 0 Å². The summed E-state index contributed by atoms with van der Waals surface area (Å²) < 4.78 is 45.7. The van der Waals surface area contributed by atoms with Gasteiger partial charge in [-0.2, -0.15) is 18.3 Å². The van der Waals surface area contributed by atoms with E-state index in [9.17, 15) is 23.1 Å². The molecule has 5 nitrogen and oxygen atoms in total. The molecule has 1 aromatic heterocycles. The molecule has 1 unspecified atom stereocenters. The first kappa shape index (κ1) is 23.7. The number of benzene rings is 3. The number of aromatic amines is 1. The number of carbonyl (C=O) groups is 1. The van der Waals surface area contributed by atoms with Gasteiger partial charge in [-0.1, -0.05) is 24.3 Å². The SMILES string of the molecule is CC(C)(Oc1ccc(SC(c2cccc(C(F)(F)F)c2)c2ccc3[nH]ncc3c2)cc1)C(=O)O. The number of carboxylic acid groups (broad SMARTS) is 1. The zero-order valence-corrected chi connectivity index (χ0v) is 19.1. The topological polar surface area (TPSA) is 75.2 Å². The maximum absolute atomic E-state index is 13.4. The molecule has 0 bridgehead atoms. The van der Waals surface area contributed by atoms with Gasteiger partial charge in [0.05, 0.1) is 22.5 Å². The molecule has 34 heavy (non-hydrogen) atoms. The van der Waals surface area contributed by atoms with E-state index >= 15 is 0 Å². The van der Waals surface area contributed by atoms with Crippen molar-refractivity contribution < 1.29 is 27.8 Å². The number of thioether (sulfide) groups is 1. The summed E-state index contributed by atoms with van der Waals surface area (Å²) in [5.74, 6) is -0.711. The Morgan fingerprint density at radius 2 is 1.74 bits per heavy atom. The Hall–Kier alpha value is -3.46. The van der Waals surface area contributed by atoms with Crippen molar-refractivity contribution in [2.45, 2.75) is 35.8 Å². The number of nitrogens with one attached hydrogen (secondary N) is 1. The number of rotatable bonds is 7. The van der Waals surface area contributed by atoms with Gasteiger partial charge < -0.3 is 9.84 Å². The average Bonchev–Trinajstić information content (AvgIpc) is 3.26. The van der Waals surface area contributed by atoms with Gasteiger partial charge in [0.1, 0.15) is 5.75 Å². The van der Waals surface area contributed by atoms with Crippen molar-refractivity contribution in [2.75, 3.05) is 0 Å². The van der Waals surface area contributed by atoms with E-state index in [1.807, 2.05) is 18.2 Å². The van der Waals surface area contributed by atoms with Crippen LogP contribution in [0.25, 0.3) is 10.9 Å². The molecule has 0 aliphatic rings. The Morgan fingerprint density at radius 3 is 2.41 bits per heavy atom. The Kier molecular flexibility index (Phi) is 6.31. The standard InChI is InChI=1S/C25H21F3N2O3S/c1-24(2,23(31)32)33-19-7-9-20(10-8-19)34-22(15-4-3-5-18(13-15)25(26,27)28)16-6-11-21-17(12-16)14-29-30-21/h3-14,22H,1-2H3,(H,29,30)(H,31,32). The lowest BCUT2D eigenvalue weighted by Gasteiger charge is -2.22. The van der Waals surface area contributed by atoms with Gasteiger partial charge in [-0.05, 0) is 67.4 Å². The minimum Gasteiger partial charge on any atom is -0.478 e. The zero-order chi connectivity index (χ0) is 24.5. The second kappa shape index (κ2) is 9.06. The van der Waals surface area contributed by atoms with Crippen molar-refractivity contribution in [3.63, 3.8) is 0 Å². The maximum atomic E-state index is 13.4. The van der Waals surface area contributed by atoms with Crippen molar-refractivity contribution in [1.29, 1.82) is 0 Å². The van der Waals surface area contributed by atoms with E-state index in [2.05, 4.69) is 10.2 Å². The Balaban J connectivity index is 1.68. The van der Waals surface area contributed by atoms with Gasteiger partial charge in [0.25, 0.3) is 0 Å². The molecule has 1 atom stereocenters. The number of carboxylic acids is 1. The molecule has 0 amide bonds. The average molecular weight is 487 g/mol. The van der Waals surface area contributed by atoms with Crippen LogP contribution in [0.5, 0.6) is 5.75 Å². The van der Waals surface area contributed by atoms with E-state index in [1.165, 1.54) is 37.7 Å². The first-order valence-electron chi connectivity index (χ1n) is 10.3. The van der Waals surface area contributed by atoms with Crippen LogP contribution < -0.4 is 4.74 Å². The summed E-state index contributed by atoms with van der Waals surface area (Å²) in [4.78, 5) is 12.1. The fraction of sp³-hybridized carbons (Fsp3) is 0.200. The molecule has 0 fully saturated rings. The Morgan fingerprint density at radius 1 is 1.03 bits per heavy atom. The van der Waals surface area contributed by atoms with Crippen LogP contribution in [0.1, 0.15) is 35.8 Å². The smallest absolute Gasteiger partial charge is 0.416 e. The molecular formula is C25H21F3N2O3S. The third kappa shape index (κ3) is 5.20. The van der Waals surface area contributed by atoms with E-state index in [4.69, 9.17) is 4.74 Å². The highest BCUT2D eigenvalue weighted by molar-refractivity contribution is 7.99. The number of halogens is 3. The third-order valence-electron chi connectivity index (χ3n) is 5.25. The molecule has 0 radical (unpaired) electrons. The van der Waals surface area contributed by atoms with Crippen LogP contribution in [-0.4, -0.2) is 26.9 Å². The van der Waals surface area contributed by atoms with Gasteiger partial charge in [0, 0.05) is 10.3 Å². The maximum Gasteiger partial charge on any atom is 0.416 e. The van der Waals surface area contributed by atoms with E-state index in [1.54, 1.807) is 36.5 Å². The van der Waals surface area contributed by atoms with Gasteiger partial charge in [-0.3, -0.25) is 5.10 Å². The van der Waals surface area contributed by atoms with Gasteiger partial charge in [-0.25, -0.2) is 4.79 Å². The number of nitrogens with zero attached hydrogens (tertiary/aromatic N) is 1. The van der Waals surface area contributed by atoms with Crippen LogP contribution in [0.4, 0.5) is 13.2 Å². The monoisotopic (exact) mass is 486 g/mol. The van der Waals surface area contributed by atoms with Crippen molar-refractivity contribution in [1.82, 2.24) is 10.2 Å². The lowest BCUT2D eigenvalue weighted by atomic mass is 10.0. The normalized spacial score (nSPS) is 13.1. The number of H-pyrrole nitrogens is 1. The molecular weight excluding hydrogens is 465 g/mol. The minimum atomic E-state index is -4.45. The summed E-state index contributed by atoms with van der Waals surface area (Å²) >= 11 is 1.39. The summed E-state index contributed by atoms with van der Waals surface area (Å²) in [6.07, 6.45) is -2.78. The molecule has 0 saturated heterocycles. The van der Waals surface area contributed by atoms with E-state index in [0.29, 0.717) is 11.3 Å². The number of aliphatic carboxylic acids is 1. The lowest BCUT2D eigenvalue weighted by molar-refractivity contribution is -0.152. The predicted molar refractivity (Wildman–Crippen MR) is 124 cm³/mol. The van der Waals surface area contributed by atoms with E-state index < -0.39 is 28.6 Å². The second-order valence-corrected chi connectivity index (χ2v) is 9.41. The molecule has 3 aromatic carbocycles. The summed E-state index contributed by atoms with van der Waals surface area (Å²) in [7, 11) is 0. The molecule has 0 aliphatic carbocycles. The number of ether oxygens (including phenoxy) is 1. The molecule has 0 saturated carbocycles. The van der Waals surface area contributed by atoms with Gasteiger partial charge >= 0.3 is 12.1 Å². The van der Waals surface area contributed by atoms with Crippen molar-refractivity contribution in [2.24, 2.45) is 0 Å².